The molecule has 0 saturated carbocycles. The summed E-state index contributed by atoms with van der Waals surface area (Å²) in [6.07, 6.45) is 0. The first kappa shape index (κ1) is 32.7. The van der Waals surface area contributed by atoms with Crippen LogP contribution in [0.5, 0.6) is 0 Å². The number of aromatic nitrogens is 5. The van der Waals surface area contributed by atoms with Gasteiger partial charge in [0.15, 0.2) is 17.5 Å². The van der Waals surface area contributed by atoms with Gasteiger partial charge in [0.1, 0.15) is 0 Å². The highest BCUT2D eigenvalue weighted by molar-refractivity contribution is 6.17. The average Bonchev–Trinajstić information content (AvgIpc) is 3.63. The van der Waals surface area contributed by atoms with Gasteiger partial charge in [-0.25, -0.2) is 19.9 Å². The Morgan fingerprint density at radius 2 is 0.789 bits per heavy atom. The summed E-state index contributed by atoms with van der Waals surface area (Å²) in [5.74, 6) is 1.90. The van der Waals surface area contributed by atoms with Crippen LogP contribution >= 0.6 is 0 Å². The van der Waals surface area contributed by atoms with Crippen LogP contribution in [-0.2, 0) is 0 Å². The Hall–Kier alpha value is -7.76. The van der Waals surface area contributed by atoms with Crippen molar-refractivity contribution in [1.82, 2.24) is 24.5 Å². The van der Waals surface area contributed by atoms with Gasteiger partial charge in [-0.1, -0.05) is 170 Å². The molecule has 11 rings (SSSR count). The van der Waals surface area contributed by atoms with Gasteiger partial charge in [0, 0.05) is 54.9 Å². The van der Waals surface area contributed by atoms with E-state index in [1.165, 1.54) is 32.8 Å². The maximum atomic E-state index is 5.30. The average molecular weight is 728 g/mol. The minimum absolute atomic E-state index is 0.621. The van der Waals surface area contributed by atoms with Crippen LogP contribution in [0.3, 0.4) is 0 Å². The van der Waals surface area contributed by atoms with Gasteiger partial charge < -0.3 is 4.57 Å². The fourth-order valence-corrected chi connectivity index (χ4v) is 8.19. The van der Waals surface area contributed by atoms with E-state index in [0.29, 0.717) is 17.5 Å². The molecule has 0 unspecified atom stereocenters. The van der Waals surface area contributed by atoms with Gasteiger partial charge in [-0.15, -0.1) is 0 Å². The molecule has 0 aliphatic rings. The van der Waals surface area contributed by atoms with E-state index in [2.05, 4.69) is 144 Å². The van der Waals surface area contributed by atoms with Crippen molar-refractivity contribution in [2.75, 3.05) is 0 Å². The van der Waals surface area contributed by atoms with Gasteiger partial charge in [-0.3, -0.25) is 0 Å². The molecule has 0 aliphatic carbocycles. The Kier molecular flexibility index (Phi) is 7.74. The van der Waals surface area contributed by atoms with E-state index in [-0.39, 0.29) is 0 Å². The largest absolute Gasteiger partial charge is 0.309 e. The van der Waals surface area contributed by atoms with Gasteiger partial charge in [-0.2, -0.15) is 0 Å². The van der Waals surface area contributed by atoms with Crippen LogP contribution in [0, 0.1) is 0 Å². The second-order valence-electron chi connectivity index (χ2n) is 14.2. The molecule has 266 valence electrons. The minimum Gasteiger partial charge on any atom is -0.309 e. The third-order valence-electron chi connectivity index (χ3n) is 10.8. The summed E-state index contributed by atoms with van der Waals surface area (Å²) in [4.78, 5) is 20.1. The van der Waals surface area contributed by atoms with Crippen molar-refractivity contribution in [3.05, 3.63) is 200 Å². The molecular formula is C52H33N5. The molecule has 0 N–H and O–H groups in total. The van der Waals surface area contributed by atoms with Crippen LogP contribution in [0.15, 0.2) is 200 Å². The lowest BCUT2D eigenvalue weighted by Crippen LogP contribution is -2.00. The fraction of sp³-hybridized carbons (Fsp3) is 0. The first-order chi connectivity index (χ1) is 28.3. The molecule has 5 heteroatoms. The highest BCUT2D eigenvalue weighted by atomic mass is 15.0. The number of benzene rings is 8. The minimum atomic E-state index is 0.621. The fourth-order valence-electron chi connectivity index (χ4n) is 8.19. The molecule has 0 aliphatic heterocycles. The third-order valence-corrected chi connectivity index (χ3v) is 10.8. The molecule has 0 atom stereocenters. The summed E-state index contributed by atoms with van der Waals surface area (Å²) < 4.78 is 2.38. The van der Waals surface area contributed by atoms with Gasteiger partial charge in [-0.05, 0) is 41.5 Å². The van der Waals surface area contributed by atoms with Crippen LogP contribution in [0.25, 0.3) is 106 Å². The number of para-hydroxylation sites is 3. The third kappa shape index (κ3) is 5.64. The van der Waals surface area contributed by atoms with Gasteiger partial charge in [0.2, 0.25) is 0 Å². The van der Waals surface area contributed by atoms with Crippen molar-refractivity contribution in [3.8, 4) is 62.2 Å². The van der Waals surface area contributed by atoms with E-state index >= 15 is 0 Å². The lowest BCUT2D eigenvalue weighted by atomic mass is 9.92. The van der Waals surface area contributed by atoms with E-state index in [1.54, 1.807) is 0 Å². The molecule has 0 saturated heterocycles. The zero-order valence-corrected chi connectivity index (χ0v) is 30.8. The maximum absolute atomic E-state index is 5.30. The summed E-state index contributed by atoms with van der Waals surface area (Å²) >= 11 is 0. The number of hydrogen-bond acceptors (Lipinski definition) is 4. The van der Waals surface area contributed by atoms with Crippen LogP contribution in [0.2, 0.25) is 0 Å². The molecule has 8 aromatic carbocycles. The molecule has 3 heterocycles. The number of rotatable bonds is 6. The lowest BCUT2D eigenvalue weighted by molar-refractivity contribution is 1.07. The molecule has 0 bridgehead atoms. The van der Waals surface area contributed by atoms with Crippen molar-refractivity contribution < 1.29 is 0 Å². The van der Waals surface area contributed by atoms with Crippen LogP contribution in [0.1, 0.15) is 0 Å². The van der Waals surface area contributed by atoms with E-state index in [9.17, 15) is 0 Å². The molecule has 11 aromatic rings. The van der Waals surface area contributed by atoms with Crippen LogP contribution in [-0.4, -0.2) is 24.5 Å². The summed E-state index contributed by atoms with van der Waals surface area (Å²) in [7, 11) is 0. The number of nitrogens with zero attached hydrogens (tertiary/aromatic N) is 5. The summed E-state index contributed by atoms with van der Waals surface area (Å²) in [5.41, 5.74) is 11.5. The predicted octanol–water partition coefficient (Wildman–Crippen LogP) is 13.0. The molecule has 0 amide bonds. The molecule has 0 radical (unpaired) electrons. The highest BCUT2D eigenvalue weighted by Crippen LogP contribution is 2.40. The van der Waals surface area contributed by atoms with E-state index in [0.717, 1.165) is 55.5 Å². The predicted molar refractivity (Wildman–Crippen MR) is 234 cm³/mol. The van der Waals surface area contributed by atoms with E-state index in [1.807, 2.05) is 60.7 Å². The first-order valence-electron chi connectivity index (χ1n) is 19.1. The Labute approximate surface area is 329 Å². The topological polar surface area (TPSA) is 56.5 Å². The number of pyridine rings is 1. The van der Waals surface area contributed by atoms with E-state index < -0.39 is 0 Å². The van der Waals surface area contributed by atoms with Crippen LogP contribution < -0.4 is 0 Å². The molecule has 5 nitrogen and oxygen atoms in total. The van der Waals surface area contributed by atoms with Gasteiger partial charge in [0.05, 0.1) is 22.2 Å². The standard InChI is InChI=1S/C52H33N5/c1-3-15-35(16-4-1)50-54-51(36-17-5-2-6-18-36)56-52(55-50)37-31-29-34(30-32-37)49-44-25-14-24-40(48(44)43-23-7-10-26-45(43)53-49)38-19-13-20-39(33-38)57-46-27-11-8-21-41(46)42-22-9-12-28-47(42)57/h1-33H. The molecule has 0 fully saturated rings. The normalized spacial score (nSPS) is 11.5. The van der Waals surface area contributed by atoms with Crippen molar-refractivity contribution in [1.29, 1.82) is 0 Å². The van der Waals surface area contributed by atoms with Gasteiger partial charge in [0.25, 0.3) is 0 Å². The number of fused-ring (bicyclic) bond motifs is 6. The number of hydrogen-bond donors (Lipinski definition) is 0. The molecular weight excluding hydrogens is 695 g/mol. The van der Waals surface area contributed by atoms with Gasteiger partial charge >= 0.3 is 0 Å². The first-order valence-corrected chi connectivity index (χ1v) is 19.1. The monoisotopic (exact) mass is 727 g/mol. The smallest absolute Gasteiger partial charge is 0.164 e. The molecule has 57 heavy (non-hydrogen) atoms. The quantitative estimate of drug-likeness (QED) is 0.160. The Morgan fingerprint density at radius 3 is 1.42 bits per heavy atom. The Balaban J connectivity index is 1.05. The molecule has 0 spiro atoms. The summed E-state index contributed by atoms with van der Waals surface area (Å²) in [5, 5.41) is 5.90. The molecule has 3 aromatic heterocycles. The zero-order valence-electron chi connectivity index (χ0n) is 30.8. The highest BCUT2D eigenvalue weighted by Gasteiger charge is 2.18. The SMILES string of the molecule is c1ccc(-c2nc(-c3ccccc3)nc(-c3ccc(-c4nc5ccccc5c5c(-c6cccc(-n7c8ccccc8c8ccccc87)c6)cccc45)cc3)n2)cc1. The van der Waals surface area contributed by atoms with E-state index in [4.69, 9.17) is 19.9 Å². The summed E-state index contributed by atoms with van der Waals surface area (Å²) in [6, 6.07) is 69.9. The zero-order chi connectivity index (χ0) is 37.7. The summed E-state index contributed by atoms with van der Waals surface area (Å²) in [6.45, 7) is 0. The maximum Gasteiger partial charge on any atom is 0.164 e. The Morgan fingerprint density at radius 1 is 0.316 bits per heavy atom. The Bertz CT molecular complexity index is 3170. The van der Waals surface area contributed by atoms with Crippen molar-refractivity contribution in [2.45, 2.75) is 0 Å². The van der Waals surface area contributed by atoms with Crippen LogP contribution in [0.4, 0.5) is 0 Å². The van der Waals surface area contributed by atoms with Crippen molar-refractivity contribution >= 4 is 43.5 Å². The van der Waals surface area contributed by atoms with Crippen molar-refractivity contribution in [3.63, 3.8) is 0 Å². The second kappa shape index (κ2) is 13.5. The lowest BCUT2D eigenvalue weighted by Gasteiger charge is -2.16. The van der Waals surface area contributed by atoms with Crippen molar-refractivity contribution in [2.24, 2.45) is 0 Å². The second-order valence-corrected chi connectivity index (χ2v) is 14.2.